The minimum absolute atomic E-state index is 0.0000343. The van der Waals surface area contributed by atoms with Gasteiger partial charge in [0.15, 0.2) is 0 Å². The Hall–Kier alpha value is -1.71. The second-order valence-electron chi connectivity index (χ2n) is 6.43. The summed E-state index contributed by atoms with van der Waals surface area (Å²) in [7, 11) is -5.70. The summed E-state index contributed by atoms with van der Waals surface area (Å²) in [6.45, 7) is -0.668. The molecule has 0 saturated carbocycles. The number of anilines is 1. The fraction of sp³-hybridized carbons (Fsp3) is 0.692. The Balaban J connectivity index is 2.25. The number of hydrogen-bond acceptors (Lipinski definition) is 9. The Morgan fingerprint density at radius 3 is 2.74 bits per heavy atom. The lowest BCUT2D eigenvalue weighted by atomic mass is 9.78. The van der Waals surface area contributed by atoms with E-state index in [2.05, 4.69) is 4.98 Å². The van der Waals surface area contributed by atoms with Gasteiger partial charge in [-0.2, -0.15) is 12.7 Å². The third-order valence-electron chi connectivity index (χ3n) is 4.57. The highest BCUT2D eigenvalue weighted by molar-refractivity contribution is 7.90. The molecule has 0 radical (unpaired) electrons. The summed E-state index contributed by atoms with van der Waals surface area (Å²) in [5, 5.41) is 27.5. The van der Waals surface area contributed by atoms with Gasteiger partial charge in [0.25, 0.3) is 0 Å². The van der Waals surface area contributed by atoms with Crippen LogP contribution in [-0.4, -0.2) is 77.7 Å². The molecule has 0 aromatic carbocycles. The molecule has 1 aromatic heterocycles. The minimum Gasteiger partial charge on any atom is -0.480 e. The lowest BCUT2D eigenvalue weighted by Crippen LogP contribution is -2.55. The van der Waals surface area contributed by atoms with E-state index in [0.29, 0.717) is 0 Å². The van der Waals surface area contributed by atoms with Crippen molar-refractivity contribution < 1.29 is 32.8 Å². The quantitative estimate of drug-likeness (QED) is 0.263. The van der Waals surface area contributed by atoms with Crippen molar-refractivity contribution in [3.63, 3.8) is 0 Å². The van der Waals surface area contributed by atoms with Gasteiger partial charge in [-0.3, -0.25) is 4.79 Å². The number of rotatable bonds is 10. The van der Waals surface area contributed by atoms with Crippen molar-refractivity contribution in [1.82, 2.24) is 9.29 Å². The predicted molar refractivity (Wildman–Crippen MR) is 95.7 cm³/mol. The summed E-state index contributed by atoms with van der Waals surface area (Å²) < 4.78 is 33.0. The molecule has 0 bridgehead atoms. The molecule has 1 aliphatic heterocycles. The van der Waals surface area contributed by atoms with E-state index in [0.717, 1.165) is 8.61 Å². The Bertz CT molecular complexity index is 731. The second-order valence-corrected chi connectivity index (χ2v) is 8.28. The van der Waals surface area contributed by atoms with Gasteiger partial charge in [0.1, 0.15) is 11.8 Å². The summed E-state index contributed by atoms with van der Waals surface area (Å²) in [6.07, 6.45) is 3.04. The van der Waals surface area contributed by atoms with Crippen LogP contribution in [0.4, 0.5) is 6.01 Å². The number of aliphatic carboxylic acids is 1. The summed E-state index contributed by atoms with van der Waals surface area (Å²) in [5.41, 5.74) is 9.73. The number of oxazole rings is 1. The lowest BCUT2D eigenvalue weighted by Gasteiger charge is -2.27. The molecular formula is C13H24BN5O7S. The van der Waals surface area contributed by atoms with Crippen molar-refractivity contribution in [3.05, 3.63) is 12.5 Å². The van der Waals surface area contributed by atoms with E-state index in [1.54, 1.807) is 0 Å². The number of carboxylic acid groups (broad SMARTS) is 1. The molecule has 0 unspecified atom stereocenters. The maximum atomic E-state index is 13.0. The Labute approximate surface area is 157 Å². The van der Waals surface area contributed by atoms with Crippen molar-refractivity contribution in [2.45, 2.75) is 24.7 Å². The van der Waals surface area contributed by atoms with E-state index in [1.807, 2.05) is 0 Å². The van der Waals surface area contributed by atoms with Gasteiger partial charge in [-0.1, -0.05) is 6.42 Å². The maximum Gasteiger partial charge on any atom is 0.451 e. The van der Waals surface area contributed by atoms with Crippen molar-refractivity contribution in [1.29, 1.82) is 0 Å². The van der Waals surface area contributed by atoms with Crippen LogP contribution in [0.15, 0.2) is 16.9 Å². The first-order valence-electron chi connectivity index (χ1n) is 8.38. The molecule has 2 atom stereocenters. The van der Waals surface area contributed by atoms with Crippen molar-refractivity contribution in [2.75, 3.05) is 30.5 Å². The topological polar surface area (TPSA) is 196 Å². The van der Waals surface area contributed by atoms with Gasteiger partial charge >= 0.3 is 29.3 Å². The normalized spacial score (nSPS) is 23.5. The zero-order valence-electron chi connectivity index (χ0n) is 14.6. The average Bonchev–Trinajstić information content (AvgIpc) is 3.21. The molecule has 152 valence electrons. The SMILES string of the molecule is NCCN(c1ncco1)S(=O)(=O)N1C[C@H](CCCB(O)O)[C@](N)(C(=O)O)C1. The lowest BCUT2D eigenvalue weighted by molar-refractivity contribution is -0.144. The third kappa shape index (κ3) is 4.59. The molecule has 2 heterocycles. The summed E-state index contributed by atoms with van der Waals surface area (Å²) in [6, 6.07) is -0.176. The smallest absolute Gasteiger partial charge is 0.451 e. The highest BCUT2D eigenvalue weighted by atomic mass is 32.2. The first kappa shape index (κ1) is 21.6. The number of nitrogens with zero attached hydrogens (tertiary/aromatic N) is 3. The first-order chi connectivity index (χ1) is 12.6. The largest absolute Gasteiger partial charge is 0.480 e. The molecule has 12 nitrogen and oxygen atoms in total. The van der Waals surface area contributed by atoms with Gasteiger partial charge in [0.2, 0.25) is 0 Å². The first-order valence-corrected chi connectivity index (χ1v) is 9.78. The molecule has 2 rings (SSSR count). The van der Waals surface area contributed by atoms with Crippen LogP contribution in [-0.2, 0) is 15.0 Å². The number of carbonyl (C=O) groups is 1. The van der Waals surface area contributed by atoms with Crippen LogP contribution in [0.25, 0.3) is 0 Å². The molecule has 14 heteroatoms. The fourth-order valence-electron chi connectivity index (χ4n) is 3.11. The van der Waals surface area contributed by atoms with Crippen LogP contribution in [0.5, 0.6) is 0 Å². The van der Waals surface area contributed by atoms with Crippen LogP contribution >= 0.6 is 0 Å². The number of carboxylic acids is 1. The average molecular weight is 405 g/mol. The van der Waals surface area contributed by atoms with Gasteiger partial charge < -0.3 is 31.0 Å². The van der Waals surface area contributed by atoms with Crippen molar-refractivity contribution in [3.8, 4) is 0 Å². The molecule has 1 fully saturated rings. The summed E-state index contributed by atoms with van der Waals surface area (Å²) in [5.74, 6) is -2.02. The van der Waals surface area contributed by atoms with Crippen LogP contribution in [0, 0.1) is 5.92 Å². The zero-order chi connectivity index (χ0) is 20.2. The molecule has 0 aliphatic carbocycles. The number of nitrogens with two attached hydrogens (primary N) is 2. The van der Waals surface area contributed by atoms with Crippen molar-refractivity contribution >= 4 is 29.3 Å². The number of aromatic nitrogens is 1. The van der Waals surface area contributed by atoms with Crippen LogP contribution in [0.3, 0.4) is 0 Å². The second kappa shape index (κ2) is 8.54. The molecule has 1 aliphatic rings. The Morgan fingerprint density at radius 1 is 1.52 bits per heavy atom. The highest BCUT2D eigenvalue weighted by Gasteiger charge is 2.53. The molecule has 1 saturated heterocycles. The van der Waals surface area contributed by atoms with Gasteiger partial charge in [0.05, 0.1) is 12.7 Å². The Morgan fingerprint density at radius 2 is 2.22 bits per heavy atom. The molecule has 0 spiro atoms. The number of hydrogen-bond donors (Lipinski definition) is 5. The summed E-state index contributed by atoms with van der Waals surface area (Å²) >= 11 is 0. The molecule has 0 amide bonds. The van der Waals surface area contributed by atoms with Crippen LogP contribution < -0.4 is 15.8 Å². The van der Waals surface area contributed by atoms with E-state index in [-0.39, 0.29) is 44.8 Å². The molecule has 27 heavy (non-hydrogen) atoms. The van der Waals surface area contributed by atoms with Gasteiger partial charge in [-0.15, -0.1) is 0 Å². The fourth-order valence-corrected chi connectivity index (χ4v) is 4.76. The maximum absolute atomic E-state index is 13.0. The third-order valence-corrected chi connectivity index (χ3v) is 6.40. The van der Waals surface area contributed by atoms with Gasteiger partial charge in [-0.25, -0.2) is 9.29 Å². The molecule has 7 N–H and O–H groups in total. The van der Waals surface area contributed by atoms with E-state index < -0.39 is 41.3 Å². The highest BCUT2D eigenvalue weighted by Crippen LogP contribution is 2.33. The van der Waals surface area contributed by atoms with E-state index in [4.69, 9.17) is 25.9 Å². The molecular weight excluding hydrogens is 381 g/mol. The minimum atomic E-state index is -4.18. The predicted octanol–water partition coefficient (Wildman–Crippen LogP) is -2.35. The van der Waals surface area contributed by atoms with Crippen LogP contribution in [0.2, 0.25) is 6.32 Å². The van der Waals surface area contributed by atoms with Gasteiger partial charge in [0, 0.05) is 25.6 Å². The summed E-state index contributed by atoms with van der Waals surface area (Å²) in [4.78, 5) is 15.5. The van der Waals surface area contributed by atoms with Gasteiger partial charge in [-0.05, 0) is 12.7 Å². The van der Waals surface area contributed by atoms with Crippen molar-refractivity contribution in [2.24, 2.45) is 17.4 Å². The zero-order valence-corrected chi connectivity index (χ0v) is 15.5. The van der Waals surface area contributed by atoms with E-state index in [9.17, 15) is 18.3 Å². The van der Waals surface area contributed by atoms with E-state index >= 15 is 0 Å². The standard InChI is InChI=1S/C13H24BN5O7S/c15-4-6-19(12-17-5-7-26-12)27(24,25)18-8-10(2-1-3-14(22)23)13(16,9-18)11(20)21/h5,7,10,22-23H,1-4,6,8-9,15-16H2,(H,20,21)/t10-,13-/m0/s1. The monoisotopic (exact) mass is 405 g/mol. The van der Waals surface area contributed by atoms with E-state index in [1.165, 1.54) is 12.5 Å². The van der Waals surface area contributed by atoms with Crippen LogP contribution in [0.1, 0.15) is 12.8 Å². The Kier molecular flexibility index (Phi) is 6.83. The molecule has 1 aromatic rings.